The van der Waals surface area contributed by atoms with E-state index in [1.807, 2.05) is 19.1 Å². The number of nitrogens with zero attached hydrogens (tertiary/aromatic N) is 1. The summed E-state index contributed by atoms with van der Waals surface area (Å²) in [5, 5.41) is 12.1. The number of aliphatic hydroxyl groups is 1. The fourth-order valence-electron chi connectivity index (χ4n) is 2.31. The average Bonchev–Trinajstić information content (AvgIpc) is 2.88. The molecule has 3 unspecified atom stereocenters. The maximum atomic E-state index is 11.8. The number of carbonyl (C=O) groups excluding carboxylic acids is 2. The van der Waals surface area contributed by atoms with Gasteiger partial charge in [0.1, 0.15) is 13.0 Å². The predicted octanol–water partition coefficient (Wildman–Crippen LogP) is 1.73. The molecule has 0 radical (unpaired) electrons. The molecule has 0 aliphatic carbocycles. The van der Waals surface area contributed by atoms with Gasteiger partial charge in [-0.15, -0.1) is 0 Å². The van der Waals surface area contributed by atoms with Gasteiger partial charge in [0.25, 0.3) is 0 Å². The van der Waals surface area contributed by atoms with Crippen LogP contribution in [0.5, 0.6) is 0 Å². The highest BCUT2D eigenvalue weighted by atomic mass is 35.5. The van der Waals surface area contributed by atoms with Crippen molar-refractivity contribution in [1.29, 1.82) is 0 Å². The predicted molar refractivity (Wildman–Crippen MR) is 87.1 cm³/mol. The average molecular weight is 357 g/mol. The molecule has 1 aliphatic heterocycles. The monoisotopic (exact) mass is 356 g/mol. The molecule has 2 N–H and O–H groups in total. The van der Waals surface area contributed by atoms with E-state index in [-0.39, 0.29) is 19.3 Å². The quantitative estimate of drug-likeness (QED) is 0.723. The maximum Gasteiger partial charge on any atom is 0.421 e. The van der Waals surface area contributed by atoms with Crippen LogP contribution in [0, 0.1) is 5.92 Å². The van der Waals surface area contributed by atoms with Gasteiger partial charge in [-0.25, -0.2) is 4.79 Å². The van der Waals surface area contributed by atoms with Crippen LogP contribution in [-0.2, 0) is 20.7 Å². The normalized spacial score (nSPS) is 22.1. The number of hydrazine groups is 1. The Morgan fingerprint density at radius 3 is 2.92 bits per heavy atom. The Bertz CT molecular complexity index is 554. The first kappa shape index (κ1) is 18.7. The topological polar surface area (TPSA) is 88.1 Å². The molecule has 1 amide bonds. The molecule has 7 nitrogen and oxygen atoms in total. The number of aldehydes is 1. The van der Waals surface area contributed by atoms with Crippen molar-refractivity contribution >= 4 is 24.0 Å². The molecule has 0 aromatic heterocycles. The molecule has 1 saturated heterocycles. The van der Waals surface area contributed by atoms with Crippen molar-refractivity contribution in [3.05, 3.63) is 34.9 Å². The first-order valence-electron chi connectivity index (χ1n) is 7.67. The van der Waals surface area contributed by atoms with E-state index in [4.69, 9.17) is 21.1 Å². The van der Waals surface area contributed by atoms with Crippen LogP contribution >= 0.6 is 11.6 Å². The number of ether oxygens (including phenoxy) is 2. The van der Waals surface area contributed by atoms with Crippen LogP contribution in [0.25, 0.3) is 0 Å². The third-order valence-corrected chi connectivity index (χ3v) is 3.96. The molecule has 1 heterocycles. The van der Waals surface area contributed by atoms with Gasteiger partial charge in [-0.2, -0.15) is 5.01 Å². The summed E-state index contributed by atoms with van der Waals surface area (Å²) < 4.78 is 10.2. The van der Waals surface area contributed by atoms with E-state index >= 15 is 0 Å². The van der Waals surface area contributed by atoms with Gasteiger partial charge in [0.05, 0.1) is 12.6 Å². The number of nitrogens with one attached hydrogen (secondary N) is 1. The number of aliphatic hydroxyl groups excluding tert-OH is 1. The van der Waals surface area contributed by atoms with E-state index in [1.54, 1.807) is 12.1 Å². The number of halogens is 1. The summed E-state index contributed by atoms with van der Waals surface area (Å²) in [6, 6.07) is 6.79. The molecule has 8 heteroatoms. The Balaban J connectivity index is 1.87. The zero-order chi connectivity index (χ0) is 17.5. The number of amides is 1. The lowest BCUT2D eigenvalue weighted by Gasteiger charge is -2.24. The summed E-state index contributed by atoms with van der Waals surface area (Å²) in [7, 11) is 0. The molecule has 0 bridgehead atoms. The number of carbonyl (C=O) groups is 2. The van der Waals surface area contributed by atoms with E-state index in [0.29, 0.717) is 17.9 Å². The Morgan fingerprint density at radius 1 is 1.54 bits per heavy atom. The summed E-state index contributed by atoms with van der Waals surface area (Å²) in [4.78, 5) is 22.2. The van der Waals surface area contributed by atoms with Crippen LogP contribution in [0.15, 0.2) is 24.3 Å². The minimum atomic E-state index is -1.02. The van der Waals surface area contributed by atoms with Gasteiger partial charge in [-0.05, 0) is 30.0 Å². The van der Waals surface area contributed by atoms with Crippen molar-refractivity contribution < 1.29 is 24.2 Å². The number of hydrogen-bond acceptors (Lipinski definition) is 6. The highest BCUT2D eigenvalue weighted by molar-refractivity contribution is 6.30. The number of rotatable bonds is 7. The molecule has 1 aromatic carbocycles. The van der Waals surface area contributed by atoms with Crippen molar-refractivity contribution in [3.8, 4) is 0 Å². The zero-order valence-corrected chi connectivity index (χ0v) is 14.1. The van der Waals surface area contributed by atoms with Gasteiger partial charge < -0.3 is 19.4 Å². The lowest BCUT2D eigenvalue weighted by atomic mass is 10.1. The van der Waals surface area contributed by atoms with Crippen LogP contribution in [0.2, 0.25) is 5.02 Å². The smallest absolute Gasteiger partial charge is 0.421 e. The third-order valence-electron chi connectivity index (χ3n) is 3.70. The SMILES string of the molecule is CC(CC=O)COC(=O)NN1COC(O)C1Cc1ccc(Cl)cc1. The molecule has 2 rings (SSSR count). The summed E-state index contributed by atoms with van der Waals surface area (Å²) in [6.45, 7) is 2.01. The first-order chi connectivity index (χ1) is 11.5. The largest absolute Gasteiger partial charge is 0.448 e. The third kappa shape index (κ3) is 5.45. The molecule has 1 aliphatic rings. The van der Waals surface area contributed by atoms with Crippen LogP contribution in [0.3, 0.4) is 0 Å². The lowest BCUT2D eigenvalue weighted by Crippen LogP contribution is -2.48. The van der Waals surface area contributed by atoms with Crippen LogP contribution in [-0.4, -0.2) is 48.2 Å². The standard InChI is InChI=1S/C16H21ClN2O5/c1-11(6-7-20)9-23-16(22)18-19-10-24-15(21)14(19)8-12-2-4-13(17)5-3-12/h2-5,7,11,14-15,21H,6,8-10H2,1H3,(H,18,22). The Hall–Kier alpha value is -1.67. The highest BCUT2D eigenvalue weighted by Gasteiger charge is 2.35. The van der Waals surface area contributed by atoms with Gasteiger partial charge in [-0.1, -0.05) is 30.7 Å². The minimum Gasteiger partial charge on any atom is -0.448 e. The molecule has 3 atom stereocenters. The van der Waals surface area contributed by atoms with Gasteiger partial charge in [0.15, 0.2) is 6.29 Å². The van der Waals surface area contributed by atoms with Crippen molar-refractivity contribution in [2.75, 3.05) is 13.3 Å². The van der Waals surface area contributed by atoms with Crippen molar-refractivity contribution in [3.63, 3.8) is 0 Å². The van der Waals surface area contributed by atoms with E-state index in [2.05, 4.69) is 5.43 Å². The van der Waals surface area contributed by atoms with E-state index < -0.39 is 18.4 Å². The Morgan fingerprint density at radius 2 is 2.25 bits per heavy atom. The fraction of sp³-hybridized carbons (Fsp3) is 0.500. The van der Waals surface area contributed by atoms with Crippen molar-refractivity contribution in [2.45, 2.75) is 32.1 Å². The number of benzene rings is 1. The van der Waals surface area contributed by atoms with Gasteiger partial charge in [-0.3, -0.25) is 5.43 Å². The second-order valence-electron chi connectivity index (χ2n) is 5.77. The molecular weight excluding hydrogens is 336 g/mol. The molecule has 1 aromatic rings. The fourth-order valence-corrected chi connectivity index (χ4v) is 2.43. The van der Waals surface area contributed by atoms with Gasteiger partial charge in [0, 0.05) is 11.4 Å². The highest BCUT2D eigenvalue weighted by Crippen LogP contribution is 2.19. The second kappa shape index (κ2) is 8.98. The van der Waals surface area contributed by atoms with Crippen molar-refractivity contribution in [1.82, 2.24) is 10.4 Å². The van der Waals surface area contributed by atoms with Gasteiger partial charge in [0.2, 0.25) is 0 Å². The van der Waals surface area contributed by atoms with Crippen LogP contribution in [0.4, 0.5) is 4.79 Å². The zero-order valence-electron chi connectivity index (χ0n) is 13.4. The molecule has 132 valence electrons. The van der Waals surface area contributed by atoms with E-state index in [0.717, 1.165) is 11.8 Å². The minimum absolute atomic E-state index is 0.0430. The van der Waals surface area contributed by atoms with Crippen LogP contribution in [0.1, 0.15) is 18.9 Å². The van der Waals surface area contributed by atoms with Crippen molar-refractivity contribution in [2.24, 2.45) is 5.92 Å². The first-order valence-corrected chi connectivity index (χ1v) is 8.05. The maximum absolute atomic E-state index is 11.8. The molecule has 0 saturated carbocycles. The van der Waals surface area contributed by atoms with Crippen LogP contribution < -0.4 is 5.43 Å². The Labute approximate surface area is 145 Å². The summed E-state index contributed by atoms with van der Waals surface area (Å²) >= 11 is 5.86. The van der Waals surface area contributed by atoms with E-state index in [1.165, 1.54) is 5.01 Å². The summed E-state index contributed by atoms with van der Waals surface area (Å²) in [5.41, 5.74) is 3.51. The number of hydrogen-bond donors (Lipinski definition) is 2. The second-order valence-corrected chi connectivity index (χ2v) is 6.21. The molecule has 24 heavy (non-hydrogen) atoms. The molecule has 0 spiro atoms. The van der Waals surface area contributed by atoms with Gasteiger partial charge >= 0.3 is 6.09 Å². The molecule has 1 fully saturated rings. The summed E-state index contributed by atoms with van der Waals surface area (Å²) in [6.07, 6.45) is -0.0711. The van der Waals surface area contributed by atoms with E-state index in [9.17, 15) is 14.7 Å². The molecular formula is C16H21ClN2O5. The Kier molecular flexibility index (Phi) is 6.99. The summed E-state index contributed by atoms with van der Waals surface area (Å²) in [5.74, 6) is -0.0430. The lowest BCUT2D eigenvalue weighted by molar-refractivity contribution is -0.108.